The molecule has 134 valence electrons. The van der Waals surface area contributed by atoms with E-state index in [-0.39, 0.29) is 5.75 Å². The molecule has 0 aliphatic heterocycles. The highest BCUT2D eigenvalue weighted by molar-refractivity contribution is 9.10. The average Bonchev–Trinajstić information content (AvgIpc) is 2.68. The van der Waals surface area contributed by atoms with Crippen molar-refractivity contribution >= 4 is 33.5 Å². The van der Waals surface area contributed by atoms with Gasteiger partial charge in [-0.3, -0.25) is 0 Å². The van der Waals surface area contributed by atoms with Gasteiger partial charge in [0.2, 0.25) is 0 Å². The molecule has 1 N–H and O–H groups in total. The Balaban J connectivity index is 1.58. The Kier molecular flexibility index (Phi) is 6.52. The minimum absolute atomic E-state index is 0.262. The fourth-order valence-corrected chi connectivity index (χ4v) is 3.71. The predicted molar refractivity (Wildman–Crippen MR) is 111 cm³/mol. The van der Waals surface area contributed by atoms with Crippen molar-refractivity contribution in [2.45, 2.75) is 17.2 Å². The standard InChI is InChI=1S/C20H20BrN3OS/c1-24(10-9-15-7-8-18(25)17(21)11-15)19-12-20(23-14-22-19)26-13-16-5-3-2-4-6-16/h2-8,11-12,14,25H,9-10,13H2,1H3. The van der Waals surface area contributed by atoms with E-state index in [4.69, 9.17) is 0 Å². The van der Waals surface area contributed by atoms with Crippen LogP contribution in [0.2, 0.25) is 0 Å². The van der Waals surface area contributed by atoms with Gasteiger partial charge in [0, 0.05) is 25.4 Å². The number of thioether (sulfide) groups is 1. The minimum atomic E-state index is 0.262. The van der Waals surface area contributed by atoms with Crippen LogP contribution in [0.1, 0.15) is 11.1 Å². The van der Waals surface area contributed by atoms with Crippen LogP contribution in [-0.4, -0.2) is 28.7 Å². The van der Waals surface area contributed by atoms with Crippen molar-refractivity contribution in [2.24, 2.45) is 0 Å². The highest BCUT2D eigenvalue weighted by Gasteiger charge is 2.07. The first-order valence-electron chi connectivity index (χ1n) is 8.29. The number of anilines is 1. The lowest BCUT2D eigenvalue weighted by Crippen LogP contribution is -2.21. The fourth-order valence-electron chi connectivity index (χ4n) is 2.47. The zero-order valence-electron chi connectivity index (χ0n) is 14.5. The van der Waals surface area contributed by atoms with E-state index in [0.29, 0.717) is 0 Å². The topological polar surface area (TPSA) is 49.2 Å². The van der Waals surface area contributed by atoms with Crippen LogP contribution in [0.25, 0.3) is 0 Å². The summed E-state index contributed by atoms with van der Waals surface area (Å²) in [5.74, 6) is 2.06. The Morgan fingerprint density at radius 3 is 2.62 bits per heavy atom. The lowest BCUT2D eigenvalue weighted by atomic mass is 10.1. The quantitative estimate of drug-likeness (QED) is 0.426. The molecule has 3 aromatic rings. The van der Waals surface area contributed by atoms with Crippen molar-refractivity contribution in [1.82, 2.24) is 9.97 Å². The molecule has 0 aliphatic carbocycles. The molecule has 0 unspecified atom stereocenters. The maximum Gasteiger partial charge on any atom is 0.132 e. The molecule has 0 saturated heterocycles. The number of aromatic hydroxyl groups is 1. The molecule has 26 heavy (non-hydrogen) atoms. The van der Waals surface area contributed by atoms with Gasteiger partial charge in [0.15, 0.2) is 0 Å². The summed E-state index contributed by atoms with van der Waals surface area (Å²) in [7, 11) is 2.03. The maximum absolute atomic E-state index is 9.59. The number of benzene rings is 2. The van der Waals surface area contributed by atoms with E-state index in [2.05, 4.69) is 55.1 Å². The molecule has 4 nitrogen and oxygen atoms in total. The summed E-state index contributed by atoms with van der Waals surface area (Å²) in [5, 5.41) is 10.6. The molecule has 0 amide bonds. The van der Waals surface area contributed by atoms with Crippen molar-refractivity contribution in [3.05, 3.63) is 76.5 Å². The second kappa shape index (κ2) is 9.05. The lowest BCUT2D eigenvalue weighted by molar-refractivity contribution is 0.471. The second-order valence-electron chi connectivity index (χ2n) is 5.95. The molecular formula is C20H20BrN3OS. The number of rotatable bonds is 7. The Hall–Kier alpha value is -2.05. The molecule has 0 radical (unpaired) electrons. The van der Waals surface area contributed by atoms with E-state index in [0.717, 1.165) is 39.6 Å². The van der Waals surface area contributed by atoms with Crippen LogP contribution in [0, 0.1) is 0 Å². The summed E-state index contributed by atoms with van der Waals surface area (Å²) in [6, 6.07) is 18.0. The van der Waals surface area contributed by atoms with Gasteiger partial charge in [-0.2, -0.15) is 0 Å². The smallest absolute Gasteiger partial charge is 0.132 e. The van der Waals surface area contributed by atoms with E-state index in [1.165, 1.54) is 5.56 Å². The third kappa shape index (κ3) is 5.22. The van der Waals surface area contributed by atoms with E-state index < -0.39 is 0 Å². The van der Waals surface area contributed by atoms with E-state index in [9.17, 15) is 5.11 Å². The van der Waals surface area contributed by atoms with Crippen molar-refractivity contribution in [3.8, 4) is 5.75 Å². The van der Waals surface area contributed by atoms with Crippen molar-refractivity contribution in [3.63, 3.8) is 0 Å². The Morgan fingerprint density at radius 2 is 1.85 bits per heavy atom. The number of likely N-dealkylation sites (N-methyl/N-ethyl adjacent to an activating group) is 1. The van der Waals surface area contributed by atoms with E-state index >= 15 is 0 Å². The second-order valence-corrected chi connectivity index (χ2v) is 7.80. The number of nitrogens with zero attached hydrogens (tertiary/aromatic N) is 3. The van der Waals surface area contributed by atoms with Crippen LogP contribution in [0.3, 0.4) is 0 Å². The number of hydrogen-bond donors (Lipinski definition) is 1. The molecule has 0 fully saturated rings. The highest BCUT2D eigenvalue weighted by atomic mass is 79.9. The Bertz CT molecular complexity index is 861. The lowest BCUT2D eigenvalue weighted by Gasteiger charge is -2.18. The van der Waals surface area contributed by atoms with Crippen LogP contribution in [0.4, 0.5) is 5.82 Å². The summed E-state index contributed by atoms with van der Waals surface area (Å²) in [6.07, 6.45) is 2.49. The van der Waals surface area contributed by atoms with Crippen LogP contribution in [0.5, 0.6) is 5.75 Å². The highest BCUT2D eigenvalue weighted by Crippen LogP contribution is 2.25. The number of halogens is 1. The van der Waals surface area contributed by atoms with Gasteiger partial charge in [0.1, 0.15) is 22.9 Å². The summed E-state index contributed by atoms with van der Waals surface area (Å²) in [4.78, 5) is 10.9. The number of phenols is 1. The molecule has 0 bridgehead atoms. The summed E-state index contributed by atoms with van der Waals surface area (Å²) < 4.78 is 0.722. The first-order chi connectivity index (χ1) is 12.6. The predicted octanol–water partition coefficient (Wildman–Crippen LogP) is 4.92. The Morgan fingerprint density at radius 1 is 1.04 bits per heavy atom. The fraction of sp³-hybridized carbons (Fsp3) is 0.200. The van der Waals surface area contributed by atoms with Gasteiger partial charge >= 0.3 is 0 Å². The third-order valence-corrected chi connectivity index (χ3v) is 5.63. The Labute approximate surface area is 166 Å². The molecule has 0 atom stereocenters. The minimum Gasteiger partial charge on any atom is -0.507 e. The number of aromatic nitrogens is 2. The molecule has 2 aromatic carbocycles. The summed E-state index contributed by atoms with van der Waals surface area (Å²) in [6.45, 7) is 0.830. The van der Waals surface area contributed by atoms with Gasteiger partial charge in [-0.05, 0) is 45.6 Å². The van der Waals surface area contributed by atoms with Gasteiger partial charge in [0.25, 0.3) is 0 Å². The molecule has 6 heteroatoms. The normalized spacial score (nSPS) is 10.7. The van der Waals surface area contributed by atoms with Crippen molar-refractivity contribution in [2.75, 3.05) is 18.5 Å². The largest absolute Gasteiger partial charge is 0.507 e. The van der Waals surface area contributed by atoms with Gasteiger partial charge < -0.3 is 10.0 Å². The van der Waals surface area contributed by atoms with Crippen LogP contribution in [0.15, 0.2) is 70.4 Å². The SMILES string of the molecule is CN(CCc1ccc(O)c(Br)c1)c1cc(SCc2ccccc2)ncn1. The van der Waals surface area contributed by atoms with E-state index in [1.807, 2.05) is 31.3 Å². The monoisotopic (exact) mass is 429 g/mol. The van der Waals surface area contributed by atoms with Gasteiger partial charge in [0.05, 0.1) is 4.47 Å². The molecular weight excluding hydrogens is 410 g/mol. The molecule has 1 aromatic heterocycles. The third-order valence-electron chi connectivity index (χ3n) is 4.00. The summed E-state index contributed by atoms with van der Waals surface area (Å²) in [5.41, 5.74) is 2.44. The van der Waals surface area contributed by atoms with Crippen LogP contribution >= 0.6 is 27.7 Å². The zero-order valence-corrected chi connectivity index (χ0v) is 16.9. The van der Waals surface area contributed by atoms with Crippen LogP contribution < -0.4 is 4.90 Å². The average molecular weight is 430 g/mol. The van der Waals surface area contributed by atoms with Gasteiger partial charge in [-0.25, -0.2) is 9.97 Å². The first kappa shape index (κ1) is 18.7. The molecule has 0 saturated carbocycles. The molecule has 3 rings (SSSR count). The van der Waals surface area contributed by atoms with Gasteiger partial charge in [-0.15, -0.1) is 11.8 Å². The molecule has 1 heterocycles. The molecule has 0 aliphatic rings. The first-order valence-corrected chi connectivity index (χ1v) is 10.1. The summed E-state index contributed by atoms with van der Waals surface area (Å²) >= 11 is 5.07. The molecule has 0 spiro atoms. The zero-order chi connectivity index (χ0) is 18.4. The van der Waals surface area contributed by atoms with Crippen molar-refractivity contribution in [1.29, 1.82) is 0 Å². The number of phenolic OH excluding ortho intramolecular Hbond substituents is 1. The maximum atomic E-state index is 9.59. The number of hydrogen-bond acceptors (Lipinski definition) is 5. The van der Waals surface area contributed by atoms with Crippen LogP contribution in [-0.2, 0) is 12.2 Å². The van der Waals surface area contributed by atoms with Gasteiger partial charge in [-0.1, -0.05) is 36.4 Å². The van der Waals surface area contributed by atoms with Crippen molar-refractivity contribution < 1.29 is 5.11 Å². The van der Waals surface area contributed by atoms with E-state index in [1.54, 1.807) is 24.2 Å².